The van der Waals surface area contributed by atoms with Crippen LogP contribution < -0.4 is 0 Å². The maximum Gasteiger partial charge on any atom is 0.0680 e. The Balaban J connectivity index is 0.000000208. The minimum absolute atomic E-state index is 0. The summed E-state index contributed by atoms with van der Waals surface area (Å²) in [7, 11) is -0.0930. The normalized spacial score (nSPS) is 26.9. The van der Waals surface area contributed by atoms with E-state index < -0.39 is 0 Å². The second-order valence-electron chi connectivity index (χ2n) is 15.0. The van der Waals surface area contributed by atoms with Gasteiger partial charge in [-0.25, -0.2) is 0 Å². The first-order chi connectivity index (χ1) is 19.9. The topological polar surface area (TPSA) is 0 Å². The first-order valence-electron chi connectivity index (χ1n) is 19.0. The zero-order chi connectivity index (χ0) is 27.8. The molecule has 0 heterocycles. The van der Waals surface area contributed by atoms with Gasteiger partial charge in [-0.2, -0.15) is 0 Å². The van der Waals surface area contributed by atoms with E-state index in [0.29, 0.717) is 0 Å². The van der Waals surface area contributed by atoms with Crippen molar-refractivity contribution in [1.82, 2.24) is 0 Å². The minimum Gasteiger partial charge on any atom is -0.521 e. The molecule has 6 aliphatic rings. The molecule has 0 aromatic heterocycles. The summed E-state index contributed by atoms with van der Waals surface area (Å²) < 4.78 is 0. The summed E-state index contributed by atoms with van der Waals surface area (Å²) >= 11 is 0. The van der Waals surface area contributed by atoms with Crippen molar-refractivity contribution in [3.05, 3.63) is 13.2 Å². The first-order valence-corrected chi connectivity index (χ1v) is 22.5. The Morgan fingerprint density at radius 1 is 0.268 bits per heavy atom. The zero-order valence-corrected chi connectivity index (χ0v) is 30.8. The van der Waals surface area contributed by atoms with Crippen molar-refractivity contribution in [1.29, 1.82) is 0 Å². The summed E-state index contributed by atoms with van der Waals surface area (Å²) in [5.74, 6) is 0. The van der Waals surface area contributed by atoms with Crippen molar-refractivity contribution < 1.29 is 20.4 Å². The summed E-state index contributed by atoms with van der Waals surface area (Å²) in [6.07, 6.45) is 47.6. The average Bonchev–Trinajstić information content (AvgIpc) is 3.06. The van der Waals surface area contributed by atoms with Gasteiger partial charge in [-0.05, 0) is 154 Å². The van der Waals surface area contributed by atoms with Crippen LogP contribution in [0, 0.1) is 6.58 Å². The second kappa shape index (κ2) is 21.9. The van der Waals surface area contributed by atoms with Crippen LogP contribution in [0.2, 0.25) is 0 Å². The van der Waals surface area contributed by atoms with Gasteiger partial charge >= 0.3 is 0 Å². The van der Waals surface area contributed by atoms with E-state index in [1.54, 1.807) is 193 Å². The molecule has 41 heavy (non-hydrogen) atoms. The fraction of sp³-hybridized carbons (Fsp3) is 0.947. The van der Waals surface area contributed by atoms with Gasteiger partial charge in [0.05, 0.1) is 34.0 Å². The molecule has 0 atom stereocenters. The second-order valence-corrected chi connectivity index (χ2v) is 21.9. The van der Waals surface area contributed by atoms with Crippen molar-refractivity contribution >= 4 is 15.8 Å². The molecule has 0 aromatic rings. The van der Waals surface area contributed by atoms with E-state index in [2.05, 4.69) is 13.2 Å². The molecule has 0 aliphatic heterocycles. The van der Waals surface area contributed by atoms with Crippen LogP contribution in [0.5, 0.6) is 0 Å². The van der Waals surface area contributed by atoms with Crippen LogP contribution in [0.4, 0.5) is 0 Å². The molecule has 0 nitrogen and oxygen atoms in total. The smallest absolute Gasteiger partial charge is 0.0680 e. The summed E-state index contributed by atoms with van der Waals surface area (Å²) in [5.41, 5.74) is 7.36. The molecular weight excluding hydrogens is 625 g/mol. The number of hydrogen-bond donors (Lipinski definition) is 0. The van der Waals surface area contributed by atoms with E-state index in [4.69, 9.17) is 0 Å². The van der Waals surface area contributed by atoms with Crippen LogP contribution >= 0.6 is 15.8 Å². The average molecular weight is 696 g/mol. The van der Waals surface area contributed by atoms with E-state index in [9.17, 15) is 0 Å². The van der Waals surface area contributed by atoms with Gasteiger partial charge in [-0.15, -0.1) is 0 Å². The van der Waals surface area contributed by atoms with Crippen LogP contribution in [0.3, 0.4) is 0 Å². The van der Waals surface area contributed by atoms with Gasteiger partial charge in [-0.3, -0.25) is 6.58 Å². The van der Waals surface area contributed by atoms with Crippen molar-refractivity contribution in [2.75, 3.05) is 0 Å². The number of hydrogen-bond acceptors (Lipinski definition) is 0. The fourth-order valence-electron chi connectivity index (χ4n) is 10.6. The SMILES string of the molecule is C1CCC([PH+](C2CCCCC2)C2CCCCC2)CC1.C1CCC([PH+](C2CCCCC2)C2CCCCC2)CC1.[CH-]=C.[Pd]. The summed E-state index contributed by atoms with van der Waals surface area (Å²) in [6, 6.07) is 0. The van der Waals surface area contributed by atoms with Crippen LogP contribution in [-0.4, -0.2) is 34.0 Å². The van der Waals surface area contributed by atoms with E-state index in [1.165, 1.54) is 34.0 Å². The maximum atomic E-state index is 4.25. The monoisotopic (exact) mass is 695 g/mol. The maximum absolute atomic E-state index is 4.25. The van der Waals surface area contributed by atoms with Crippen LogP contribution in [-0.2, 0) is 20.4 Å². The quantitative estimate of drug-likeness (QED) is 0.147. The third kappa shape index (κ3) is 11.9. The van der Waals surface area contributed by atoms with Gasteiger partial charge in [0.2, 0.25) is 0 Å². The molecular formula is C38H71P2Pd+. The zero-order valence-electron chi connectivity index (χ0n) is 27.3. The van der Waals surface area contributed by atoms with Crippen molar-refractivity contribution in [2.24, 2.45) is 0 Å². The van der Waals surface area contributed by atoms with Crippen LogP contribution in [0.25, 0.3) is 0 Å². The first kappa shape index (κ1) is 36.7. The van der Waals surface area contributed by atoms with Crippen LogP contribution in [0.15, 0.2) is 6.58 Å². The standard InChI is InChI=1S/2C18H33P.C2H3.Pd/c2*1-4-10-16(11-5-1)19(17-12-6-2-7-13-17)18-14-8-3-9-15-18;1-2;/h2*16-18H,1-15H2;1H,2H2;/q;;-1;/p+2. The molecule has 242 valence electrons. The Bertz CT molecular complexity index is 479. The predicted molar refractivity (Wildman–Crippen MR) is 188 cm³/mol. The largest absolute Gasteiger partial charge is 0.521 e. The third-order valence-electron chi connectivity index (χ3n) is 12.5. The Labute approximate surface area is 274 Å². The Kier molecular flexibility index (Phi) is 19.6. The van der Waals surface area contributed by atoms with Crippen LogP contribution in [0.1, 0.15) is 193 Å². The van der Waals surface area contributed by atoms with Crippen molar-refractivity contribution in [3.63, 3.8) is 0 Å². The molecule has 0 radical (unpaired) electrons. The van der Waals surface area contributed by atoms with Gasteiger partial charge in [0.15, 0.2) is 0 Å². The summed E-state index contributed by atoms with van der Waals surface area (Å²) in [4.78, 5) is 0. The molecule has 0 N–H and O–H groups in total. The third-order valence-corrected chi connectivity index (χ3v) is 21.6. The van der Waals surface area contributed by atoms with Crippen molar-refractivity contribution in [3.8, 4) is 0 Å². The molecule has 0 saturated heterocycles. The van der Waals surface area contributed by atoms with E-state index in [-0.39, 0.29) is 36.3 Å². The van der Waals surface area contributed by atoms with Gasteiger partial charge in [0, 0.05) is 36.3 Å². The molecule has 0 amide bonds. The molecule has 6 fully saturated rings. The summed E-state index contributed by atoms with van der Waals surface area (Å²) in [6.45, 7) is 7.00. The van der Waals surface area contributed by atoms with Gasteiger partial charge in [0.25, 0.3) is 0 Å². The van der Waals surface area contributed by atoms with Gasteiger partial charge in [0.1, 0.15) is 0 Å². The fourth-order valence-corrected chi connectivity index (χ4v) is 21.1. The van der Waals surface area contributed by atoms with Gasteiger partial charge in [-0.1, -0.05) is 38.5 Å². The van der Waals surface area contributed by atoms with E-state index >= 15 is 0 Å². The molecule has 6 saturated carbocycles. The Morgan fingerprint density at radius 2 is 0.390 bits per heavy atom. The predicted octanol–water partition coefficient (Wildman–Crippen LogP) is 13.0. The van der Waals surface area contributed by atoms with E-state index in [1.807, 2.05) is 0 Å². The molecule has 0 bridgehead atoms. The Hall–Kier alpha value is 1.26. The molecule has 3 heteroatoms. The molecule has 6 aliphatic carbocycles. The minimum atomic E-state index is -0.0465. The molecule has 0 unspecified atom stereocenters. The number of rotatable bonds is 6. The van der Waals surface area contributed by atoms with Crippen molar-refractivity contribution in [2.45, 2.75) is 227 Å². The van der Waals surface area contributed by atoms with Gasteiger partial charge < -0.3 is 6.58 Å². The molecule has 0 aromatic carbocycles. The molecule has 0 spiro atoms. The Morgan fingerprint density at radius 3 is 0.512 bits per heavy atom. The van der Waals surface area contributed by atoms with E-state index in [0.717, 1.165) is 0 Å². The summed E-state index contributed by atoms with van der Waals surface area (Å²) in [5, 5.41) is 0. The molecule has 6 rings (SSSR count).